The fourth-order valence-corrected chi connectivity index (χ4v) is 1.31. The van der Waals surface area contributed by atoms with E-state index in [4.69, 9.17) is 17.3 Å². The molecule has 14 heavy (non-hydrogen) atoms. The third-order valence-corrected chi connectivity index (χ3v) is 2.26. The van der Waals surface area contributed by atoms with E-state index < -0.39 is 5.97 Å². The number of anilines is 1. The lowest BCUT2D eigenvalue weighted by atomic mass is 10.1. The van der Waals surface area contributed by atoms with Crippen molar-refractivity contribution in [3.8, 4) is 5.75 Å². The van der Waals surface area contributed by atoms with E-state index in [0.717, 1.165) is 0 Å². The van der Waals surface area contributed by atoms with Crippen molar-refractivity contribution in [3.63, 3.8) is 0 Å². The number of carbonyl (C=O) groups excluding carboxylic acids is 1. The van der Waals surface area contributed by atoms with Crippen LogP contribution in [-0.4, -0.2) is 18.2 Å². The van der Waals surface area contributed by atoms with Crippen molar-refractivity contribution in [3.05, 3.63) is 22.2 Å². The summed E-state index contributed by atoms with van der Waals surface area (Å²) >= 11 is 5.71. The molecule has 0 aliphatic carbocycles. The molecule has 0 radical (unpaired) electrons. The van der Waals surface area contributed by atoms with Crippen LogP contribution in [-0.2, 0) is 4.74 Å². The molecule has 76 valence electrons. The van der Waals surface area contributed by atoms with Gasteiger partial charge in [0.25, 0.3) is 0 Å². The average molecular weight is 216 g/mol. The van der Waals surface area contributed by atoms with Gasteiger partial charge < -0.3 is 15.6 Å². The number of ether oxygens (including phenoxy) is 1. The molecule has 0 unspecified atom stereocenters. The molecule has 0 aliphatic rings. The van der Waals surface area contributed by atoms with Gasteiger partial charge in [0.2, 0.25) is 0 Å². The Morgan fingerprint density at radius 1 is 1.64 bits per heavy atom. The molecule has 0 atom stereocenters. The number of phenolic OH excluding ortho intramolecular Hbond substituents is 1. The van der Waals surface area contributed by atoms with E-state index in [2.05, 4.69) is 4.74 Å². The number of rotatable bonds is 1. The van der Waals surface area contributed by atoms with Crippen molar-refractivity contribution in [2.75, 3.05) is 12.8 Å². The monoisotopic (exact) mass is 215 g/mol. The number of nitrogens with two attached hydrogens (primary N) is 1. The minimum atomic E-state index is -0.576. The summed E-state index contributed by atoms with van der Waals surface area (Å²) < 4.78 is 4.51. The van der Waals surface area contributed by atoms with Gasteiger partial charge in [-0.05, 0) is 18.6 Å². The zero-order valence-corrected chi connectivity index (χ0v) is 8.55. The number of carbonyl (C=O) groups is 1. The molecule has 3 N–H and O–H groups in total. The molecule has 0 fully saturated rings. The van der Waals surface area contributed by atoms with Crippen LogP contribution in [0.5, 0.6) is 5.75 Å². The number of aryl methyl sites for hydroxylation is 1. The highest BCUT2D eigenvalue weighted by Gasteiger charge is 2.17. The number of benzene rings is 1. The Kier molecular flexibility index (Phi) is 2.86. The minimum absolute atomic E-state index is 0.0228. The number of hydrogen-bond donors (Lipinski definition) is 2. The van der Waals surface area contributed by atoms with Gasteiger partial charge >= 0.3 is 5.97 Å². The summed E-state index contributed by atoms with van der Waals surface area (Å²) in [6.07, 6.45) is 0. The quantitative estimate of drug-likeness (QED) is 0.553. The fraction of sp³-hybridized carbons (Fsp3) is 0.222. The van der Waals surface area contributed by atoms with Crippen LogP contribution in [0.25, 0.3) is 0 Å². The molecule has 5 heteroatoms. The zero-order chi connectivity index (χ0) is 10.9. The standard InChI is InChI=1S/C9H10ClNO3/c1-4-3-5(9(13)14-2)7(11)6(10)8(4)12/h3,12H,11H2,1-2H3. The minimum Gasteiger partial charge on any atom is -0.506 e. The molecule has 0 amide bonds. The fourth-order valence-electron chi connectivity index (χ4n) is 1.06. The molecule has 1 aromatic carbocycles. The molecule has 0 spiro atoms. The Balaban J connectivity index is 3.40. The summed E-state index contributed by atoms with van der Waals surface area (Å²) in [5, 5.41) is 9.38. The van der Waals surface area contributed by atoms with Gasteiger partial charge in [-0.15, -0.1) is 0 Å². The maximum Gasteiger partial charge on any atom is 0.340 e. The summed E-state index contributed by atoms with van der Waals surface area (Å²) in [7, 11) is 1.25. The molecule has 1 aromatic rings. The van der Waals surface area contributed by atoms with E-state index >= 15 is 0 Å². The Bertz CT molecular complexity index is 390. The van der Waals surface area contributed by atoms with Gasteiger partial charge in [-0.25, -0.2) is 4.79 Å². The van der Waals surface area contributed by atoms with Gasteiger partial charge in [0.05, 0.1) is 18.4 Å². The lowest BCUT2D eigenvalue weighted by molar-refractivity contribution is 0.0602. The first-order valence-corrected chi connectivity index (χ1v) is 4.22. The van der Waals surface area contributed by atoms with Crippen molar-refractivity contribution in [1.29, 1.82) is 0 Å². The van der Waals surface area contributed by atoms with Gasteiger partial charge in [0.15, 0.2) is 0 Å². The van der Waals surface area contributed by atoms with Gasteiger partial charge in [-0.3, -0.25) is 0 Å². The predicted molar refractivity (Wildman–Crippen MR) is 53.6 cm³/mol. The molecule has 0 aliphatic heterocycles. The average Bonchev–Trinajstić information content (AvgIpc) is 2.19. The molecule has 0 aromatic heterocycles. The Morgan fingerprint density at radius 3 is 2.71 bits per heavy atom. The van der Waals surface area contributed by atoms with Crippen molar-refractivity contribution >= 4 is 23.3 Å². The summed E-state index contributed by atoms with van der Waals surface area (Å²) in [4.78, 5) is 11.2. The predicted octanol–water partition coefficient (Wildman–Crippen LogP) is 1.72. The lowest BCUT2D eigenvalue weighted by Gasteiger charge is -2.09. The van der Waals surface area contributed by atoms with Crippen LogP contribution in [0.1, 0.15) is 15.9 Å². The van der Waals surface area contributed by atoms with Crippen molar-refractivity contribution in [2.24, 2.45) is 0 Å². The highest BCUT2D eigenvalue weighted by atomic mass is 35.5. The maximum atomic E-state index is 11.2. The number of esters is 1. The van der Waals surface area contributed by atoms with Gasteiger partial charge in [0.1, 0.15) is 10.8 Å². The number of aromatic hydroxyl groups is 1. The molecule has 1 rings (SSSR count). The van der Waals surface area contributed by atoms with Crippen LogP contribution in [0, 0.1) is 6.92 Å². The van der Waals surface area contributed by atoms with Gasteiger partial charge in [-0.1, -0.05) is 11.6 Å². The molecule has 0 bridgehead atoms. The number of halogens is 1. The first-order chi connectivity index (χ1) is 6.49. The van der Waals surface area contributed by atoms with E-state index in [9.17, 15) is 9.90 Å². The second-order valence-corrected chi connectivity index (χ2v) is 3.19. The lowest BCUT2D eigenvalue weighted by Crippen LogP contribution is -2.06. The molecule has 0 saturated carbocycles. The number of nitrogen functional groups attached to an aromatic ring is 1. The molecule has 0 heterocycles. The van der Waals surface area contributed by atoms with E-state index in [1.165, 1.54) is 13.2 Å². The van der Waals surface area contributed by atoms with E-state index in [-0.39, 0.29) is 22.0 Å². The Labute approximate surface area is 86.2 Å². The molecule has 0 saturated heterocycles. The van der Waals surface area contributed by atoms with Crippen molar-refractivity contribution < 1.29 is 14.6 Å². The summed E-state index contributed by atoms with van der Waals surface area (Å²) in [6.45, 7) is 1.62. The number of phenols is 1. The first kappa shape index (κ1) is 10.7. The van der Waals surface area contributed by atoms with E-state index in [0.29, 0.717) is 5.56 Å². The van der Waals surface area contributed by atoms with Crippen LogP contribution in [0.4, 0.5) is 5.69 Å². The van der Waals surface area contributed by atoms with Crippen LogP contribution in [0.2, 0.25) is 5.02 Å². The van der Waals surface area contributed by atoms with Crippen LogP contribution in [0.3, 0.4) is 0 Å². The smallest absolute Gasteiger partial charge is 0.340 e. The van der Waals surface area contributed by atoms with E-state index in [1.54, 1.807) is 6.92 Å². The third kappa shape index (κ3) is 1.61. The summed E-state index contributed by atoms with van der Waals surface area (Å²) in [6, 6.07) is 1.43. The van der Waals surface area contributed by atoms with Crippen LogP contribution >= 0.6 is 11.6 Å². The Morgan fingerprint density at radius 2 is 2.21 bits per heavy atom. The summed E-state index contributed by atoms with van der Waals surface area (Å²) in [5.41, 5.74) is 6.20. The molecular formula is C9H10ClNO3. The van der Waals surface area contributed by atoms with Gasteiger partial charge in [0, 0.05) is 0 Å². The van der Waals surface area contributed by atoms with Crippen LogP contribution < -0.4 is 5.73 Å². The van der Waals surface area contributed by atoms with Gasteiger partial charge in [-0.2, -0.15) is 0 Å². The topological polar surface area (TPSA) is 72.5 Å². The second-order valence-electron chi connectivity index (χ2n) is 2.81. The highest BCUT2D eigenvalue weighted by molar-refractivity contribution is 6.35. The zero-order valence-electron chi connectivity index (χ0n) is 7.80. The number of hydrogen-bond acceptors (Lipinski definition) is 4. The van der Waals surface area contributed by atoms with E-state index in [1.807, 2.05) is 0 Å². The molecule has 4 nitrogen and oxygen atoms in total. The Hall–Kier alpha value is -1.42. The third-order valence-electron chi connectivity index (χ3n) is 1.87. The highest BCUT2D eigenvalue weighted by Crippen LogP contribution is 2.35. The molecular weight excluding hydrogens is 206 g/mol. The summed E-state index contributed by atoms with van der Waals surface area (Å²) in [5.74, 6) is -0.690. The normalized spacial score (nSPS) is 9.93. The maximum absolute atomic E-state index is 11.2. The number of methoxy groups -OCH3 is 1. The SMILES string of the molecule is COC(=O)c1cc(C)c(O)c(Cl)c1N. The van der Waals surface area contributed by atoms with Crippen LogP contribution in [0.15, 0.2) is 6.07 Å². The largest absolute Gasteiger partial charge is 0.506 e. The van der Waals surface area contributed by atoms with Crippen molar-refractivity contribution in [2.45, 2.75) is 6.92 Å². The van der Waals surface area contributed by atoms with Crippen molar-refractivity contribution in [1.82, 2.24) is 0 Å². The second kappa shape index (κ2) is 3.75. The first-order valence-electron chi connectivity index (χ1n) is 3.85.